The fourth-order valence-corrected chi connectivity index (χ4v) is 6.79. The number of carbonyl (C=O) groups excluding carboxylic acids is 2. The van der Waals surface area contributed by atoms with E-state index in [0.29, 0.717) is 11.3 Å². The van der Waals surface area contributed by atoms with Gasteiger partial charge in [-0.05, 0) is 75.0 Å². The molecule has 0 atom stereocenters. The predicted molar refractivity (Wildman–Crippen MR) is 97.1 cm³/mol. The molecule has 4 fully saturated rings. The number of amides is 2. The van der Waals surface area contributed by atoms with Crippen LogP contribution >= 0.6 is 11.3 Å². The molecule has 0 aromatic carbocycles. The van der Waals surface area contributed by atoms with Crippen LogP contribution in [0.1, 0.15) is 72.2 Å². The van der Waals surface area contributed by atoms with Crippen LogP contribution in [0.3, 0.4) is 0 Å². The van der Waals surface area contributed by atoms with Gasteiger partial charge in [0.05, 0.1) is 10.7 Å². The van der Waals surface area contributed by atoms with E-state index in [9.17, 15) is 9.59 Å². The Bertz CT molecular complexity index is 662. The molecule has 5 nitrogen and oxygen atoms in total. The zero-order valence-electron chi connectivity index (χ0n) is 15.1. The second-order valence-corrected chi connectivity index (χ2v) is 9.56. The molecule has 1 heterocycles. The maximum absolute atomic E-state index is 12.5. The van der Waals surface area contributed by atoms with Gasteiger partial charge in [-0.15, -0.1) is 11.3 Å². The van der Waals surface area contributed by atoms with E-state index in [-0.39, 0.29) is 17.2 Å². The highest BCUT2D eigenvalue weighted by Crippen LogP contribution is 2.61. The Hall–Kier alpha value is -1.43. The number of thiazole rings is 1. The van der Waals surface area contributed by atoms with E-state index >= 15 is 0 Å². The Labute approximate surface area is 153 Å². The van der Waals surface area contributed by atoms with Crippen LogP contribution in [0, 0.1) is 30.1 Å². The van der Waals surface area contributed by atoms with Crippen LogP contribution in [0.25, 0.3) is 0 Å². The number of hydrogen-bond donors (Lipinski definition) is 2. The van der Waals surface area contributed by atoms with Crippen molar-refractivity contribution >= 4 is 23.2 Å². The SMILES string of the molecule is CCc1nc(C)c(C(=O)NNC(=O)CC23CC4CC(CC(C4)C2)C3)s1. The average Bonchev–Trinajstić information content (AvgIpc) is 2.92. The molecule has 0 unspecified atom stereocenters. The monoisotopic (exact) mass is 361 g/mol. The lowest BCUT2D eigenvalue weighted by molar-refractivity contribution is -0.130. The standard InChI is InChI=1S/C19H27N3O2S/c1-3-16-20-11(2)17(25-16)18(24)22-21-15(23)10-19-7-12-4-13(8-19)6-14(5-12)9-19/h12-14H,3-10H2,1-2H3,(H,21,23)(H,22,24). The fourth-order valence-electron chi connectivity index (χ4n) is 5.89. The van der Waals surface area contributed by atoms with Crippen LogP contribution in [0.15, 0.2) is 0 Å². The Morgan fingerprint density at radius 2 is 1.72 bits per heavy atom. The molecule has 4 saturated carbocycles. The minimum atomic E-state index is -0.256. The lowest BCUT2D eigenvalue weighted by Gasteiger charge is -2.56. The van der Waals surface area contributed by atoms with E-state index in [4.69, 9.17) is 0 Å². The summed E-state index contributed by atoms with van der Waals surface area (Å²) in [6.45, 7) is 3.86. The van der Waals surface area contributed by atoms with Crippen molar-refractivity contribution in [1.82, 2.24) is 15.8 Å². The summed E-state index contributed by atoms with van der Waals surface area (Å²) in [4.78, 5) is 29.7. The van der Waals surface area contributed by atoms with E-state index in [2.05, 4.69) is 15.8 Å². The molecule has 5 rings (SSSR count). The van der Waals surface area contributed by atoms with Crippen molar-refractivity contribution in [2.24, 2.45) is 23.2 Å². The molecule has 136 valence electrons. The van der Waals surface area contributed by atoms with Gasteiger partial charge in [0.25, 0.3) is 5.91 Å². The summed E-state index contributed by atoms with van der Waals surface area (Å²) in [5.41, 5.74) is 6.17. The van der Waals surface area contributed by atoms with Gasteiger partial charge in [-0.3, -0.25) is 20.4 Å². The van der Waals surface area contributed by atoms with Gasteiger partial charge in [-0.2, -0.15) is 0 Å². The first kappa shape index (κ1) is 17.0. The number of hydrogen-bond acceptors (Lipinski definition) is 4. The summed E-state index contributed by atoms with van der Waals surface area (Å²) >= 11 is 1.40. The molecule has 0 saturated heterocycles. The molecule has 0 aliphatic heterocycles. The highest BCUT2D eigenvalue weighted by atomic mass is 32.1. The van der Waals surface area contributed by atoms with Crippen molar-refractivity contribution < 1.29 is 9.59 Å². The first-order valence-electron chi connectivity index (χ1n) is 9.52. The number of carbonyl (C=O) groups is 2. The lowest BCUT2D eigenvalue weighted by Crippen LogP contribution is -2.50. The molecular weight excluding hydrogens is 334 g/mol. The third-order valence-electron chi connectivity index (χ3n) is 6.37. The average molecular weight is 362 g/mol. The maximum Gasteiger partial charge on any atom is 0.281 e. The summed E-state index contributed by atoms with van der Waals surface area (Å²) in [6.07, 6.45) is 9.11. The molecule has 4 aliphatic rings. The second kappa shape index (κ2) is 6.38. The minimum absolute atomic E-state index is 0.0480. The number of aryl methyl sites for hydroxylation is 2. The Balaban J connectivity index is 1.33. The highest BCUT2D eigenvalue weighted by Gasteiger charge is 2.51. The quantitative estimate of drug-likeness (QED) is 0.808. The van der Waals surface area contributed by atoms with Crippen molar-refractivity contribution in [3.05, 3.63) is 15.6 Å². The second-order valence-electron chi connectivity index (χ2n) is 8.47. The van der Waals surface area contributed by atoms with Crippen molar-refractivity contribution in [2.75, 3.05) is 0 Å². The van der Waals surface area contributed by atoms with Crippen LogP contribution in [0.2, 0.25) is 0 Å². The summed E-state index contributed by atoms with van der Waals surface area (Å²) in [6, 6.07) is 0. The smallest absolute Gasteiger partial charge is 0.273 e. The van der Waals surface area contributed by atoms with Crippen molar-refractivity contribution in [1.29, 1.82) is 0 Å². The van der Waals surface area contributed by atoms with Crippen molar-refractivity contribution in [3.8, 4) is 0 Å². The predicted octanol–water partition coefficient (Wildman–Crippen LogP) is 3.38. The van der Waals surface area contributed by atoms with Crippen molar-refractivity contribution in [2.45, 2.75) is 65.2 Å². The molecule has 6 heteroatoms. The number of nitrogens with one attached hydrogen (secondary N) is 2. The van der Waals surface area contributed by atoms with Gasteiger partial charge < -0.3 is 0 Å². The number of rotatable bonds is 4. The molecule has 2 amide bonds. The number of aromatic nitrogens is 1. The van der Waals surface area contributed by atoms with E-state index < -0.39 is 0 Å². The molecule has 1 aromatic rings. The topological polar surface area (TPSA) is 71.1 Å². The van der Waals surface area contributed by atoms with Crippen LogP contribution in [0.4, 0.5) is 0 Å². The third-order valence-corrected chi connectivity index (χ3v) is 7.67. The molecule has 0 spiro atoms. The van der Waals surface area contributed by atoms with Gasteiger partial charge in [-0.25, -0.2) is 4.98 Å². The minimum Gasteiger partial charge on any atom is -0.273 e. The van der Waals surface area contributed by atoms with Gasteiger partial charge in [-0.1, -0.05) is 6.92 Å². The molecule has 4 aliphatic carbocycles. The zero-order chi connectivity index (χ0) is 17.6. The van der Waals surface area contributed by atoms with Crippen LogP contribution < -0.4 is 10.9 Å². The summed E-state index contributed by atoms with van der Waals surface area (Å²) in [7, 11) is 0. The third kappa shape index (κ3) is 3.33. The maximum atomic E-state index is 12.5. The fraction of sp³-hybridized carbons (Fsp3) is 0.737. The molecule has 2 N–H and O–H groups in total. The van der Waals surface area contributed by atoms with Gasteiger partial charge in [0.1, 0.15) is 4.88 Å². The first-order chi connectivity index (χ1) is 12.0. The molecular formula is C19H27N3O2S. The van der Waals surface area contributed by atoms with Crippen LogP contribution in [-0.4, -0.2) is 16.8 Å². The zero-order valence-corrected chi connectivity index (χ0v) is 15.9. The Kier molecular flexibility index (Phi) is 4.34. The van der Waals surface area contributed by atoms with E-state index in [1.54, 1.807) is 0 Å². The largest absolute Gasteiger partial charge is 0.281 e. The Morgan fingerprint density at radius 1 is 1.12 bits per heavy atom. The van der Waals surface area contributed by atoms with Gasteiger partial charge in [0.2, 0.25) is 5.91 Å². The molecule has 1 aromatic heterocycles. The normalized spacial score (nSPS) is 32.6. The summed E-state index contributed by atoms with van der Waals surface area (Å²) in [5, 5.41) is 0.947. The molecule has 0 radical (unpaired) electrons. The van der Waals surface area contributed by atoms with Crippen LogP contribution in [0.5, 0.6) is 0 Å². The highest BCUT2D eigenvalue weighted by molar-refractivity contribution is 7.13. The van der Waals surface area contributed by atoms with E-state index in [0.717, 1.165) is 34.9 Å². The van der Waals surface area contributed by atoms with E-state index in [1.165, 1.54) is 49.9 Å². The van der Waals surface area contributed by atoms with Crippen LogP contribution in [-0.2, 0) is 11.2 Å². The van der Waals surface area contributed by atoms with Gasteiger partial charge in [0, 0.05) is 6.42 Å². The molecule has 25 heavy (non-hydrogen) atoms. The summed E-state index contributed by atoms with van der Waals surface area (Å²) < 4.78 is 0. The number of hydrazine groups is 1. The summed E-state index contributed by atoms with van der Waals surface area (Å²) in [5.74, 6) is 2.20. The van der Waals surface area contributed by atoms with E-state index in [1.807, 2.05) is 13.8 Å². The molecule has 4 bridgehead atoms. The number of nitrogens with zero attached hydrogens (tertiary/aromatic N) is 1. The first-order valence-corrected chi connectivity index (χ1v) is 10.3. The Morgan fingerprint density at radius 3 is 2.24 bits per heavy atom. The lowest BCUT2D eigenvalue weighted by atomic mass is 9.49. The van der Waals surface area contributed by atoms with Gasteiger partial charge in [0.15, 0.2) is 0 Å². The van der Waals surface area contributed by atoms with Crippen molar-refractivity contribution in [3.63, 3.8) is 0 Å². The van der Waals surface area contributed by atoms with Gasteiger partial charge >= 0.3 is 0 Å².